The van der Waals surface area contributed by atoms with Gasteiger partial charge in [-0.15, -0.1) is 0 Å². The molecule has 4 heteroatoms. The van der Waals surface area contributed by atoms with E-state index < -0.39 is 5.97 Å². The molecular formula is C18H18O4. The van der Waals surface area contributed by atoms with Crippen molar-refractivity contribution in [2.75, 3.05) is 7.11 Å². The lowest BCUT2D eigenvalue weighted by atomic mass is 10.0. The highest BCUT2D eigenvalue weighted by Gasteiger charge is 2.16. The van der Waals surface area contributed by atoms with Gasteiger partial charge in [0.1, 0.15) is 11.5 Å². The maximum absolute atomic E-state index is 12.3. The Bertz CT molecular complexity index is 732. The summed E-state index contributed by atoms with van der Waals surface area (Å²) in [5.41, 5.74) is 2.70. The van der Waals surface area contributed by atoms with Crippen LogP contribution in [0.15, 0.2) is 36.4 Å². The van der Waals surface area contributed by atoms with Crippen LogP contribution in [-0.2, 0) is 0 Å². The van der Waals surface area contributed by atoms with Crippen LogP contribution in [0.25, 0.3) is 0 Å². The Morgan fingerprint density at radius 3 is 2.32 bits per heavy atom. The van der Waals surface area contributed by atoms with Gasteiger partial charge in [0.25, 0.3) is 0 Å². The second-order valence-electron chi connectivity index (χ2n) is 5.11. The maximum Gasteiger partial charge on any atom is 0.343 e. The average Bonchev–Trinajstić information content (AvgIpc) is 2.50. The molecular weight excluding hydrogens is 280 g/mol. The number of ether oxygens (including phenoxy) is 2. The number of rotatable bonds is 4. The van der Waals surface area contributed by atoms with Gasteiger partial charge >= 0.3 is 5.97 Å². The van der Waals surface area contributed by atoms with Crippen molar-refractivity contribution in [3.63, 3.8) is 0 Å². The molecule has 0 radical (unpaired) electrons. The SMILES string of the molecule is COc1cccc(C(=O)Oc2cc(C)c(C)cc2C(C)=O)c1. The molecule has 0 saturated carbocycles. The summed E-state index contributed by atoms with van der Waals surface area (Å²) in [7, 11) is 1.53. The van der Waals surface area contributed by atoms with Crippen molar-refractivity contribution in [3.05, 3.63) is 58.7 Å². The number of hydrogen-bond acceptors (Lipinski definition) is 4. The normalized spacial score (nSPS) is 10.2. The monoisotopic (exact) mass is 298 g/mol. The quantitative estimate of drug-likeness (QED) is 0.490. The van der Waals surface area contributed by atoms with E-state index in [4.69, 9.17) is 9.47 Å². The molecule has 0 aliphatic carbocycles. The fourth-order valence-electron chi connectivity index (χ4n) is 2.06. The van der Waals surface area contributed by atoms with Crippen molar-refractivity contribution in [2.24, 2.45) is 0 Å². The molecule has 0 atom stereocenters. The molecule has 0 heterocycles. The number of esters is 1. The summed E-state index contributed by atoms with van der Waals surface area (Å²) < 4.78 is 10.5. The Hall–Kier alpha value is -2.62. The maximum atomic E-state index is 12.3. The van der Waals surface area contributed by atoms with E-state index in [0.29, 0.717) is 16.9 Å². The first-order chi connectivity index (χ1) is 10.4. The third-order valence-corrected chi connectivity index (χ3v) is 3.48. The van der Waals surface area contributed by atoms with E-state index in [2.05, 4.69) is 0 Å². The van der Waals surface area contributed by atoms with E-state index in [1.807, 2.05) is 13.8 Å². The second-order valence-corrected chi connectivity index (χ2v) is 5.11. The molecule has 0 fully saturated rings. The van der Waals surface area contributed by atoms with Crippen LogP contribution < -0.4 is 9.47 Å². The third kappa shape index (κ3) is 3.34. The average molecular weight is 298 g/mol. The van der Waals surface area contributed by atoms with E-state index >= 15 is 0 Å². The lowest BCUT2D eigenvalue weighted by Gasteiger charge is -2.11. The zero-order valence-corrected chi connectivity index (χ0v) is 13.1. The van der Waals surface area contributed by atoms with Crippen LogP contribution in [0.3, 0.4) is 0 Å². The molecule has 0 N–H and O–H groups in total. The van der Waals surface area contributed by atoms with Gasteiger partial charge in [-0.2, -0.15) is 0 Å². The number of carbonyl (C=O) groups excluding carboxylic acids is 2. The lowest BCUT2D eigenvalue weighted by molar-refractivity contribution is 0.0732. The van der Waals surface area contributed by atoms with Gasteiger partial charge in [-0.3, -0.25) is 4.79 Å². The largest absolute Gasteiger partial charge is 0.497 e. The molecule has 0 aliphatic rings. The van der Waals surface area contributed by atoms with Crippen LogP contribution in [0.4, 0.5) is 0 Å². The van der Waals surface area contributed by atoms with Crippen molar-refractivity contribution in [3.8, 4) is 11.5 Å². The number of benzene rings is 2. The highest BCUT2D eigenvalue weighted by atomic mass is 16.5. The minimum Gasteiger partial charge on any atom is -0.497 e. The van der Waals surface area contributed by atoms with Crippen molar-refractivity contribution < 1.29 is 19.1 Å². The number of ketones is 1. The Morgan fingerprint density at radius 1 is 1.00 bits per heavy atom. The smallest absolute Gasteiger partial charge is 0.343 e. The highest BCUT2D eigenvalue weighted by Crippen LogP contribution is 2.25. The predicted octanol–water partition coefficient (Wildman–Crippen LogP) is 3.73. The number of aryl methyl sites for hydroxylation is 2. The highest BCUT2D eigenvalue weighted by molar-refractivity contribution is 5.99. The van der Waals surface area contributed by atoms with Crippen molar-refractivity contribution in [1.29, 1.82) is 0 Å². The van der Waals surface area contributed by atoms with E-state index in [9.17, 15) is 9.59 Å². The van der Waals surface area contributed by atoms with Crippen LogP contribution >= 0.6 is 0 Å². The van der Waals surface area contributed by atoms with Gasteiger partial charge in [-0.1, -0.05) is 6.07 Å². The zero-order chi connectivity index (χ0) is 16.3. The topological polar surface area (TPSA) is 52.6 Å². The molecule has 0 bridgehead atoms. The summed E-state index contributed by atoms with van der Waals surface area (Å²) in [4.78, 5) is 24.0. The van der Waals surface area contributed by atoms with Crippen LogP contribution in [0.2, 0.25) is 0 Å². The summed E-state index contributed by atoms with van der Waals surface area (Å²) in [6.07, 6.45) is 0. The number of Topliss-reactive ketones (excluding diaryl/α,β-unsaturated/α-hetero) is 1. The Labute approximate surface area is 129 Å². The van der Waals surface area contributed by atoms with E-state index in [-0.39, 0.29) is 11.5 Å². The molecule has 22 heavy (non-hydrogen) atoms. The first kappa shape index (κ1) is 15.8. The zero-order valence-electron chi connectivity index (χ0n) is 13.1. The van der Waals surface area contributed by atoms with Gasteiger partial charge in [-0.25, -0.2) is 4.79 Å². The summed E-state index contributed by atoms with van der Waals surface area (Å²) in [6, 6.07) is 10.1. The standard InChI is InChI=1S/C18H18O4/c1-11-8-16(13(3)19)17(9-12(11)2)22-18(20)14-6-5-7-15(10-14)21-4/h5-10H,1-4H3. The van der Waals surface area contributed by atoms with Crippen molar-refractivity contribution in [1.82, 2.24) is 0 Å². The molecule has 0 unspecified atom stereocenters. The van der Waals surface area contributed by atoms with Gasteiger partial charge in [0.05, 0.1) is 18.2 Å². The van der Waals surface area contributed by atoms with Gasteiger partial charge in [0.2, 0.25) is 0 Å². The van der Waals surface area contributed by atoms with Crippen LogP contribution in [0.1, 0.15) is 38.8 Å². The molecule has 4 nitrogen and oxygen atoms in total. The van der Waals surface area contributed by atoms with Crippen molar-refractivity contribution in [2.45, 2.75) is 20.8 Å². The van der Waals surface area contributed by atoms with E-state index in [0.717, 1.165) is 11.1 Å². The summed E-state index contributed by atoms with van der Waals surface area (Å²) in [6.45, 7) is 5.27. The molecule has 114 valence electrons. The fourth-order valence-corrected chi connectivity index (χ4v) is 2.06. The van der Waals surface area contributed by atoms with Crippen LogP contribution in [-0.4, -0.2) is 18.9 Å². The number of methoxy groups -OCH3 is 1. The van der Waals surface area contributed by atoms with E-state index in [1.54, 1.807) is 36.4 Å². The number of carbonyl (C=O) groups is 2. The first-order valence-electron chi connectivity index (χ1n) is 6.90. The molecule has 2 aromatic carbocycles. The van der Waals surface area contributed by atoms with Gasteiger partial charge in [0.15, 0.2) is 5.78 Å². The molecule has 0 aliphatic heterocycles. The second kappa shape index (κ2) is 6.43. The lowest BCUT2D eigenvalue weighted by Crippen LogP contribution is -2.11. The molecule has 0 aromatic heterocycles. The molecule has 0 saturated heterocycles. The molecule has 0 spiro atoms. The summed E-state index contributed by atoms with van der Waals surface area (Å²) in [5.74, 6) is 0.186. The Balaban J connectivity index is 2.35. The number of hydrogen-bond donors (Lipinski definition) is 0. The Morgan fingerprint density at radius 2 is 1.68 bits per heavy atom. The van der Waals surface area contributed by atoms with Crippen LogP contribution in [0, 0.1) is 13.8 Å². The minimum absolute atomic E-state index is 0.142. The van der Waals surface area contributed by atoms with Gasteiger partial charge in [-0.05, 0) is 62.2 Å². The third-order valence-electron chi connectivity index (χ3n) is 3.48. The van der Waals surface area contributed by atoms with E-state index in [1.165, 1.54) is 14.0 Å². The Kier molecular flexibility index (Phi) is 4.61. The summed E-state index contributed by atoms with van der Waals surface area (Å²) in [5, 5.41) is 0. The fraction of sp³-hybridized carbons (Fsp3) is 0.222. The molecule has 0 amide bonds. The molecule has 2 rings (SSSR count). The minimum atomic E-state index is -0.523. The predicted molar refractivity (Wildman–Crippen MR) is 83.9 cm³/mol. The van der Waals surface area contributed by atoms with Gasteiger partial charge < -0.3 is 9.47 Å². The summed E-state index contributed by atoms with van der Waals surface area (Å²) >= 11 is 0. The first-order valence-corrected chi connectivity index (χ1v) is 6.90. The van der Waals surface area contributed by atoms with Crippen LogP contribution in [0.5, 0.6) is 11.5 Å². The van der Waals surface area contributed by atoms with Crippen molar-refractivity contribution >= 4 is 11.8 Å². The molecule has 2 aromatic rings. The van der Waals surface area contributed by atoms with Gasteiger partial charge in [0, 0.05) is 0 Å².